The molecular formula is C18H15F3N4OS. The molecule has 140 valence electrons. The Bertz CT molecular complexity index is 915. The van der Waals surface area contributed by atoms with Gasteiger partial charge in [-0.3, -0.25) is 0 Å². The Balaban J connectivity index is 1.74. The SMILES string of the molecule is Cc1ccc(Sc2ncnc(Nc3ccc(OC(F)(F)F)cc3)c2N)cc1. The van der Waals surface area contributed by atoms with Crippen LogP contribution in [0.5, 0.6) is 5.75 Å². The van der Waals surface area contributed by atoms with Crippen LogP contribution in [-0.2, 0) is 0 Å². The Morgan fingerprint density at radius 1 is 1.00 bits per heavy atom. The van der Waals surface area contributed by atoms with Crippen molar-refractivity contribution in [1.29, 1.82) is 0 Å². The molecule has 0 spiro atoms. The lowest BCUT2D eigenvalue weighted by atomic mass is 10.2. The first-order chi connectivity index (χ1) is 12.8. The van der Waals surface area contributed by atoms with Gasteiger partial charge in [0, 0.05) is 10.6 Å². The standard InChI is InChI=1S/C18H15F3N4OS/c1-11-2-8-14(9-3-11)27-17-15(22)16(23-10-24-17)25-12-4-6-13(7-5-12)26-18(19,20)21/h2-10H,22H2,1H3,(H,23,24,25). The number of nitrogens with one attached hydrogen (secondary N) is 1. The molecule has 1 heterocycles. The van der Waals surface area contributed by atoms with Crippen molar-refractivity contribution in [3.8, 4) is 5.75 Å². The molecule has 0 atom stereocenters. The minimum atomic E-state index is -4.73. The van der Waals surface area contributed by atoms with Gasteiger partial charge in [0.2, 0.25) is 0 Å². The Hall–Kier alpha value is -2.94. The number of alkyl halides is 3. The summed E-state index contributed by atoms with van der Waals surface area (Å²) < 4.78 is 40.5. The van der Waals surface area contributed by atoms with E-state index in [4.69, 9.17) is 5.73 Å². The predicted molar refractivity (Wildman–Crippen MR) is 98.2 cm³/mol. The summed E-state index contributed by atoms with van der Waals surface area (Å²) in [5.41, 5.74) is 8.15. The minimum Gasteiger partial charge on any atom is -0.406 e. The second-order valence-electron chi connectivity index (χ2n) is 5.55. The number of nitrogens with zero attached hydrogens (tertiary/aromatic N) is 2. The number of hydrogen-bond acceptors (Lipinski definition) is 6. The number of nitrogen functional groups attached to an aromatic ring is 1. The molecule has 0 amide bonds. The summed E-state index contributed by atoms with van der Waals surface area (Å²) in [6, 6.07) is 13.2. The van der Waals surface area contributed by atoms with E-state index in [-0.39, 0.29) is 5.75 Å². The Morgan fingerprint density at radius 2 is 1.67 bits per heavy atom. The summed E-state index contributed by atoms with van der Waals surface area (Å²) in [5, 5.41) is 3.55. The molecule has 3 N–H and O–H groups in total. The minimum absolute atomic E-state index is 0.306. The quantitative estimate of drug-likeness (QED) is 0.584. The fraction of sp³-hybridized carbons (Fsp3) is 0.111. The molecule has 0 saturated heterocycles. The summed E-state index contributed by atoms with van der Waals surface area (Å²) >= 11 is 1.40. The van der Waals surface area contributed by atoms with E-state index in [1.165, 1.54) is 42.4 Å². The van der Waals surface area contributed by atoms with Crippen LogP contribution in [0, 0.1) is 6.92 Å². The second kappa shape index (κ2) is 7.75. The number of rotatable bonds is 5. The van der Waals surface area contributed by atoms with Crippen LogP contribution in [0.1, 0.15) is 5.56 Å². The molecule has 27 heavy (non-hydrogen) atoms. The summed E-state index contributed by atoms with van der Waals surface area (Å²) in [7, 11) is 0. The zero-order chi connectivity index (χ0) is 19.4. The van der Waals surface area contributed by atoms with E-state index in [0.29, 0.717) is 22.2 Å². The topological polar surface area (TPSA) is 73.1 Å². The maximum absolute atomic E-state index is 12.2. The molecule has 2 aromatic carbocycles. The van der Waals surface area contributed by atoms with Gasteiger partial charge < -0.3 is 15.8 Å². The zero-order valence-electron chi connectivity index (χ0n) is 14.1. The molecule has 0 saturated carbocycles. The van der Waals surface area contributed by atoms with Crippen molar-refractivity contribution in [1.82, 2.24) is 9.97 Å². The zero-order valence-corrected chi connectivity index (χ0v) is 14.9. The second-order valence-corrected chi connectivity index (χ2v) is 6.62. The van der Waals surface area contributed by atoms with Gasteiger partial charge >= 0.3 is 6.36 Å². The Morgan fingerprint density at radius 3 is 2.30 bits per heavy atom. The van der Waals surface area contributed by atoms with Gasteiger partial charge in [0.05, 0.1) is 0 Å². The van der Waals surface area contributed by atoms with Gasteiger partial charge in [-0.15, -0.1) is 13.2 Å². The van der Waals surface area contributed by atoms with Gasteiger partial charge in [-0.2, -0.15) is 0 Å². The van der Waals surface area contributed by atoms with Crippen LogP contribution in [-0.4, -0.2) is 16.3 Å². The largest absolute Gasteiger partial charge is 0.573 e. The van der Waals surface area contributed by atoms with E-state index in [1.807, 2.05) is 31.2 Å². The molecule has 0 fully saturated rings. The van der Waals surface area contributed by atoms with Gasteiger partial charge in [0.15, 0.2) is 5.82 Å². The normalized spacial score (nSPS) is 11.3. The van der Waals surface area contributed by atoms with Gasteiger partial charge in [0.25, 0.3) is 0 Å². The van der Waals surface area contributed by atoms with E-state index in [0.717, 1.165) is 10.5 Å². The molecule has 3 rings (SSSR count). The van der Waals surface area contributed by atoms with E-state index in [1.54, 1.807) is 0 Å². The molecular weight excluding hydrogens is 377 g/mol. The average Bonchev–Trinajstić information content (AvgIpc) is 2.61. The molecule has 0 aliphatic heterocycles. The average molecular weight is 392 g/mol. The first-order valence-corrected chi connectivity index (χ1v) is 8.59. The lowest BCUT2D eigenvalue weighted by molar-refractivity contribution is -0.274. The van der Waals surface area contributed by atoms with Crippen molar-refractivity contribution in [3.63, 3.8) is 0 Å². The molecule has 1 aromatic heterocycles. The van der Waals surface area contributed by atoms with Crippen molar-refractivity contribution >= 4 is 29.0 Å². The maximum atomic E-state index is 12.2. The maximum Gasteiger partial charge on any atom is 0.573 e. The summed E-state index contributed by atoms with van der Waals surface area (Å²) in [5.74, 6) is 0.0587. The highest BCUT2D eigenvalue weighted by Gasteiger charge is 2.30. The van der Waals surface area contributed by atoms with Crippen LogP contribution in [0.25, 0.3) is 0 Å². The predicted octanol–water partition coefficient (Wildman–Crippen LogP) is 5.16. The smallest absolute Gasteiger partial charge is 0.406 e. The monoisotopic (exact) mass is 392 g/mol. The molecule has 9 heteroatoms. The molecule has 0 aliphatic carbocycles. The van der Waals surface area contributed by atoms with Crippen molar-refractivity contribution in [2.45, 2.75) is 23.2 Å². The lowest BCUT2D eigenvalue weighted by Crippen LogP contribution is -2.17. The van der Waals surface area contributed by atoms with E-state index in [2.05, 4.69) is 20.0 Å². The van der Waals surface area contributed by atoms with E-state index in [9.17, 15) is 13.2 Å². The highest BCUT2D eigenvalue weighted by Crippen LogP contribution is 2.34. The number of benzene rings is 2. The summed E-state index contributed by atoms with van der Waals surface area (Å²) in [6.07, 6.45) is -3.36. The van der Waals surface area contributed by atoms with Crippen LogP contribution < -0.4 is 15.8 Å². The van der Waals surface area contributed by atoms with Crippen LogP contribution in [0.15, 0.2) is 64.8 Å². The van der Waals surface area contributed by atoms with Crippen LogP contribution in [0.4, 0.5) is 30.4 Å². The third-order valence-electron chi connectivity index (χ3n) is 3.43. The van der Waals surface area contributed by atoms with E-state index >= 15 is 0 Å². The Labute approximate surface area is 157 Å². The van der Waals surface area contributed by atoms with Gasteiger partial charge in [-0.05, 0) is 43.3 Å². The number of anilines is 3. The number of hydrogen-bond donors (Lipinski definition) is 2. The van der Waals surface area contributed by atoms with Gasteiger partial charge in [-0.25, -0.2) is 9.97 Å². The van der Waals surface area contributed by atoms with Crippen molar-refractivity contribution in [2.75, 3.05) is 11.1 Å². The highest BCUT2D eigenvalue weighted by molar-refractivity contribution is 7.99. The molecule has 0 unspecified atom stereocenters. The van der Waals surface area contributed by atoms with Crippen LogP contribution >= 0.6 is 11.8 Å². The fourth-order valence-electron chi connectivity index (χ4n) is 2.15. The molecule has 5 nitrogen and oxygen atoms in total. The van der Waals surface area contributed by atoms with Crippen molar-refractivity contribution < 1.29 is 17.9 Å². The number of nitrogens with two attached hydrogens (primary N) is 1. The van der Waals surface area contributed by atoms with Crippen molar-refractivity contribution in [2.24, 2.45) is 0 Å². The van der Waals surface area contributed by atoms with Gasteiger partial charge in [0.1, 0.15) is 22.8 Å². The first-order valence-electron chi connectivity index (χ1n) is 7.78. The molecule has 0 bridgehead atoms. The van der Waals surface area contributed by atoms with E-state index < -0.39 is 6.36 Å². The number of halogens is 3. The molecule has 0 radical (unpaired) electrons. The number of aryl methyl sites for hydroxylation is 1. The van der Waals surface area contributed by atoms with Crippen molar-refractivity contribution in [3.05, 3.63) is 60.4 Å². The fourth-order valence-corrected chi connectivity index (χ4v) is 2.96. The lowest BCUT2D eigenvalue weighted by Gasteiger charge is -2.12. The van der Waals surface area contributed by atoms with Crippen LogP contribution in [0.2, 0.25) is 0 Å². The Kier molecular flexibility index (Phi) is 5.41. The highest BCUT2D eigenvalue weighted by atomic mass is 32.2. The molecule has 0 aliphatic rings. The third kappa shape index (κ3) is 5.27. The van der Waals surface area contributed by atoms with Crippen LogP contribution in [0.3, 0.4) is 0 Å². The summed E-state index contributed by atoms with van der Waals surface area (Å²) in [4.78, 5) is 9.27. The van der Waals surface area contributed by atoms with Gasteiger partial charge in [-0.1, -0.05) is 29.5 Å². The third-order valence-corrected chi connectivity index (χ3v) is 4.46. The number of aromatic nitrogens is 2. The number of ether oxygens (including phenoxy) is 1. The molecule has 3 aromatic rings. The first kappa shape index (κ1) is 18.8. The summed E-state index contributed by atoms with van der Waals surface area (Å²) in [6.45, 7) is 2.00.